The number of nitrogens with one attached hydrogen (secondary N) is 1. The summed E-state index contributed by atoms with van der Waals surface area (Å²) in [5.74, 6) is -0.115. The molecule has 0 bridgehead atoms. The van der Waals surface area contributed by atoms with Crippen LogP contribution < -0.4 is 5.32 Å². The topological polar surface area (TPSA) is 49.4 Å². The molecule has 0 aliphatic heterocycles. The SMILES string of the molecule is CCCC(=O)N(Cc1c(Cl)cccc1Cl)[C@@H](CC)C(=O)NC1CCCCC1. The second kappa shape index (κ2) is 10.9. The van der Waals surface area contributed by atoms with Gasteiger partial charge in [0, 0.05) is 34.6 Å². The highest BCUT2D eigenvalue weighted by molar-refractivity contribution is 6.36. The van der Waals surface area contributed by atoms with Gasteiger partial charge in [-0.1, -0.05) is 62.4 Å². The number of rotatable bonds is 8. The standard InChI is InChI=1S/C21H30Cl2N2O2/c1-3-9-20(26)25(14-16-17(22)12-8-13-18(16)23)19(4-2)21(27)24-15-10-6-5-7-11-15/h8,12-13,15,19H,3-7,9-11,14H2,1-2H3,(H,24,27)/t19-/m0/s1. The van der Waals surface area contributed by atoms with Crippen LogP contribution in [0.4, 0.5) is 0 Å². The number of carbonyl (C=O) groups excluding carboxylic acids is 2. The van der Waals surface area contributed by atoms with E-state index in [1.165, 1.54) is 6.42 Å². The van der Waals surface area contributed by atoms with Gasteiger partial charge in [-0.3, -0.25) is 9.59 Å². The third kappa shape index (κ3) is 6.11. The highest BCUT2D eigenvalue weighted by atomic mass is 35.5. The summed E-state index contributed by atoms with van der Waals surface area (Å²) in [6.07, 6.45) is 7.24. The van der Waals surface area contributed by atoms with Crippen LogP contribution in [-0.2, 0) is 16.1 Å². The minimum absolute atomic E-state index is 0.0425. The van der Waals surface area contributed by atoms with Crippen molar-refractivity contribution >= 4 is 35.0 Å². The first kappa shape index (κ1) is 22.0. The van der Waals surface area contributed by atoms with E-state index in [1.807, 2.05) is 13.8 Å². The Balaban J connectivity index is 2.21. The smallest absolute Gasteiger partial charge is 0.243 e. The van der Waals surface area contributed by atoms with Crippen molar-refractivity contribution in [1.82, 2.24) is 10.2 Å². The molecule has 6 heteroatoms. The lowest BCUT2D eigenvalue weighted by Crippen LogP contribution is -2.51. The fourth-order valence-electron chi connectivity index (χ4n) is 3.68. The summed E-state index contributed by atoms with van der Waals surface area (Å²) >= 11 is 12.6. The molecule has 1 N–H and O–H groups in total. The van der Waals surface area contributed by atoms with Gasteiger partial charge in [0.25, 0.3) is 0 Å². The fraction of sp³-hybridized carbons (Fsp3) is 0.619. The zero-order chi connectivity index (χ0) is 19.8. The maximum absolute atomic E-state index is 13.0. The van der Waals surface area contributed by atoms with E-state index in [1.54, 1.807) is 23.1 Å². The molecular formula is C21H30Cl2N2O2. The number of amides is 2. The second-order valence-electron chi connectivity index (χ2n) is 7.24. The molecule has 1 aromatic carbocycles. The summed E-state index contributed by atoms with van der Waals surface area (Å²) in [6, 6.07) is 4.99. The van der Waals surface area contributed by atoms with E-state index in [0.717, 1.165) is 32.1 Å². The molecule has 4 nitrogen and oxygen atoms in total. The molecule has 0 spiro atoms. The van der Waals surface area contributed by atoms with Gasteiger partial charge in [-0.05, 0) is 37.8 Å². The van der Waals surface area contributed by atoms with Crippen molar-refractivity contribution in [1.29, 1.82) is 0 Å². The van der Waals surface area contributed by atoms with E-state index in [4.69, 9.17) is 23.2 Å². The van der Waals surface area contributed by atoms with Gasteiger partial charge in [-0.25, -0.2) is 0 Å². The van der Waals surface area contributed by atoms with E-state index in [9.17, 15) is 9.59 Å². The molecule has 0 aromatic heterocycles. The average Bonchev–Trinajstić information content (AvgIpc) is 2.65. The van der Waals surface area contributed by atoms with Gasteiger partial charge in [-0.15, -0.1) is 0 Å². The maximum atomic E-state index is 13.0. The molecule has 2 rings (SSSR count). The van der Waals surface area contributed by atoms with E-state index in [2.05, 4.69) is 5.32 Å². The predicted molar refractivity (Wildman–Crippen MR) is 111 cm³/mol. The molecule has 2 amide bonds. The number of hydrogen-bond acceptors (Lipinski definition) is 2. The molecule has 1 fully saturated rings. The minimum atomic E-state index is -0.515. The van der Waals surface area contributed by atoms with E-state index < -0.39 is 6.04 Å². The van der Waals surface area contributed by atoms with Crippen molar-refractivity contribution in [3.05, 3.63) is 33.8 Å². The van der Waals surface area contributed by atoms with Crippen LogP contribution in [-0.4, -0.2) is 28.8 Å². The number of carbonyl (C=O) groups is 2. The Morgan fingerprint density at radius 1 is 1.15 bits per heavy atom. The summed E-state index contributed by atoms with van der Waals surface area (Å²) in [7, 11) is 0. The van der Waals surface area contributed by atoms with Crippen LogP contribution in [0, 0.1) is 0 Å². The lowest BCUT2D eigenvalue weighted by Gasteiger charge is -2.33. The van der Waals surface area contributed by atoms with Gasteiger partial charge in [-0.2, -0.15) is 0 Å². The summed E-state index contributed by atoms with van der Waals surface area (Å²) in [5.41, 5.74) is 0.689. The number of hydrogen-bond donors (Lipinski definition) is 1. The molecule has 27 heavy (non-hydrogen) atoms. The largest absolute Gasteiger partial charge is 0.352 e. The monoisotopic (exact) mass is 412 g/mol. The summed E-state index contributed by atoms with van der Waals surface area (Å²) in [4.78, 5) is 27.5. The van der Waals surface area contributed by atoms with Crippen molar-refractivity contribution in [3.63, 3.8) is 0 Å². The summed E-state index contributed by atoms with van der Waals surface area (Å²) in [6.45, 7) is 4.14. The van der Waals surface area contributed by atoms with Gasteiger partial charge in [0.05, 0.1) is 0 Å². The number of benzene rings is 1. The van der Waals surface area contributed by atoms with E-state index >= 15 is 0 Å². The first-order chi connectivity index (χ1) is 13.0. The van der Waals surface area contributed by atoms with Crippen LogP contribution in [0.2, 0.25) is 10.0 Å². The van der Waals surface area contributed by atoms with Crippen LogP contribution in [0.1, 0.15) is 70.8 Å². The van der Waals surface area contributed by atoms with Gasteiger partial charge >= 0.3 is 0 Å². The summed E-state index contributed by atoms with van der Waals surface area (Å²) < 4.78 is 0. The summed E-state index contributed by atoms with van der Waals surface area (Å²) in [5, 5.41) is 4.19. The Morgan fingerprint density at radius 2 is 1.78 bits per heavy atom. The third-order valence-corrected chi connectivity index (χ3v) is 5.90. The molecule has 0 saturated heterocycles. The molecule has 1 saturated carbocycles. The first-order valence-corrected chi connectivity index (χ1v) is 10.8. The van der Waals surface area contributed by atoms with Crippen LogP contribution >= 0.6 is 23.2 Å². The van der Waals surface area contributed by atoms with E-state index in [0.29, 0.717) is 28.5 Å². The Bertz CT molecular complexity index is 625. The van der Waals surface area contributed by atoms with Crippen molar-refractivity contribution < 1.29 is 9.59 Å². The lowest BCUT2D eigenvalue weighted by atomic mass is 9.95. The highest BCUT2D eigenvalue weighted by Gasteiger charge is 2.30. The van der Waals surface area contributed by atoms with Crippen LogP contribution in [0.25, 0.3) is 0 Å². The number of nitrogens with zero attached hydrogens (tertiary/aromatic N) is 1. The lowest BCUT2D eigenvalue weighted by molar-refractivity contribution is -0.141. The highest BCUT2D eigenvalue weighted by Crippen LogP contribution is 2.27. The number of halogens is 2. The van der Waals surface area contributed by atoms with Crippen LogP contribution in [0.3, 0.4) is 0 Å². The fourth-order valence-corrected chi connectivity index (χ4v) is 4.19. The second-order valence-corrected chi connectivity index (χ2v) is 8.05. The zero-order valence-corrected chi connectivity index (χ0v) is 17.8. The Labute approximate surface area is 172 Å². The van der Waals surface area contributed by atoms with Crippen molar-refractivity contribution in [2.24, 2.45) is 0 Å². The Morgan fingerprint density at radius 3 is 2.33 bits per heavy atom. The molecular weight excluding hydrogens is 383 g/mol. The molecule has 150 valence electrons. The van der Waals surface area contributed by atoms with Crippen molar-refractivity contribution in [2.45, 2.75) is 83.8 Å². The molecule has 1 aliphatic rings. The molecule has 0 heterocycles. The van der Waals surface area contributed by atoms with Crippen molar-refractivity contribution in [3.8, 4) is 0 Å². The quantitative estimate of drug-likeness (QED) is 0.625. The normalized spacial score (nSPS) is 16.0. The van der Waals surface area contributed by atoms with Gasteiger partial charge in [0.1, 0.15) is 6.04 Å². The van der Waals surface area contributed by atoms with Crippen LogP contribution in [0.15, 0.2) is 18.2 Å². The molecule has 1 aromatic rings. The molecule has 0 radical (unpaired) electrons. The van der Waals surface area contributed by atoms with Gasteiger partial charge in [0.2, 0.25) is 11.8 Å². The van der Waals surface area contributed by atoms with Gasteiger partial charge < -0.3 is 10.2 Å². The maximum Gasteiger partial charge on any atom is 0.243 e. The van der Waals surface area contributed by atoms with Gasteiger partial charge in [0.15, 0.2) is 0 Å². The molecule has 1 atom stereocenters. The third-order valence-electron chi connectivity index (χ3n) is 5.19. The average molecular weight is 413 g/mol. The first-order valence-electron chi connectivity index (χ1n) is 10.0. The zero-order valence-electron chi connectivity index (χ0n) is 16.3. The molecule has 0 unspecified atom stereocenters. The minimum Gasteiger partial charge on any atom is -0.352 e. The Kier molecular flexibility index (Phi) is 8.91. The predicted octanol–water partition coefficient (Wildman–Crippen LogP) is 5.35. The van der Waals surface area contributed by atoms with E-state index in [-0.39, 0.29) is 24.4 Å². The van der Waals surface area contributed by atoms with Crippen molar-refractivity contribution in [2.75, 3.05) is 0 Å². The van der Waals surface area contributed by atoms with Crippen LogP contribution in [0.5, 0.6) is 0 Å². The molecule has 1 aliphatic carbocycles. The Hall–Kier alpha value is -1.26.